The van der Waals surface area contributed by atoms with Crippen molar-refractivity contribution in [1.29, 1.82) is 0 Å². The molecule has 0 bridgehead atoms. The molecule has 4 nitrogen and oxygen atoms in total. The van der Waals surface area contributed by atoms with Crippen LogP contribution in [0.4, 0.5) is 0 Å². The van der Waals surface area contributed by atoms with Gasteiger partial charge in [0, 0.05) is 12.2 Å². The van der Waals surface area contributed by atoms with E-state index >= 15 is 0 Å². The summed E-state index contributed by atoms with van der Waals surface area (Å²) in [6, 6.07) is -0.604. The van der Waals surface area contributed by atoms with Gasteiger partial charge in [-0.25, -0.2) is 4.79 Å². The molecule has 0 spiro atoms. The van der Waals surface area contributed by atoms with Gasteiger partial charge in [-0.05, 0) is 25.2 Å². The predicted octanol–water partition coefficient (Wildman–Crippen LogP) is 3.50. The Kier molecular flexibility index (Phi) is 6.40. The van der Waals surface area contributed by atoms with Gasteiger partial charge in [-0.3, -0.25) is 4.79 Å². The lowest BCUT2D eigenvalue weighted by Crippen LogP contribution is -2.46. The van der Waals surface area contributed by atoms with Gasteiger partial charge in [0.15, 0.2) is 0 Å². The third-order valence-corrected chi connectivity index (χ3v) is 5.84. The average Bonchev–Trinajstić information content (AvgIpc) is 3.20. The molecule has 120 valence electrons. The van der Waals surface area contributed by atoms with Crippen molar-refractivity contribution in [2.45, 2.75) is 76.1 Å². The van der Waals surface area contributed by atoms with E-state index < -0.39 is 12.0 Å². The lowest BCUT2D eigenvalue weighted by molar-refractivity contribution is -0.149. The second-order valence-corrected chi connectivity index (χ2v) is 7.38. The fraction of sp³-hybridized carbons (Fsp3) is 0.875. The minimum Gasteiger partial charge on any atom is -0.480 e. The van der Waals surface area contributed by atoms with E-state index in [2.05, 4.69) is 6.92 Å². The Hall–Kier alpha value is -0.710. The van der Waals surface area contributed by atoms with Crippen molar-refractivity contribution < 1.29 is 14.7 Å². The van der Waals surface area contributed by atoms with E-state index in [1.807, 2.05) is 0 Å². The molecule has 2 aliphatic rings. The number of hydrogen-bond acceptors (Lipinski definition) is 3. The van der Waals surface area contributed by atoms with Gasteiger partial charge in [0.05, 0.1) is 5.37 Å². The van der Waals surface area contributed by atoms with Crippen LogP contribution in [0.2, 0.25) is 0 Å². The molecule has 1 saturated carbocycles. The Morgan fingerprint density at radius 3 is 2.43 bits per heavy atom. The van der Waals surface area contributed by atoms with E-state index in [0.717, 1.165) is 25.7 Å². The molecule has 21 heavy (non-hydrogen) atoms. The molecular formula is C16H27NO3S. The number of carbonyl (C=O) groups is 2. The van der Waals surface area contributed by atoms with E-state index in [4.69, 9.17) is 0 Å². The summed E-state index contributed by atoms with van der Waals surface area (Å²) in [5, 5.41) is 9.44. The third-order valence-electron chi connectivity index (χ3n) is 4.38. The highest BCUT2D eigenvalue weighted by atomic mass is 32.2. The Morgan fingerprint density at radius 2 is 1.81 bits per heavy atom. The van der Waals surface area contributed by atoms with Gasteiger partial charge < -0.3 is 10.0 Å². The molecule has 1 heterocycles. The van der Waals surface area contributed by atoms with Crippen molar-refractivity contribution in [2.24, 2.45) is 5.92 Å². The van der Waals surface area contributed by atoms with Gasteiger partial charge in [-0.15, -0.1) is 11.8 Å². The number of carboxylic acid groups (broad SMARTS) is 1. The van der Waals surface area contributed by atoms with Crippen LogP contribution in [-0.4, -0.2) is 39.1 Å². The van der Waals surface area contributed by atoms with E-state index in [-0.39, 0.29) is 11.3 Å². The summed E-state index contributed by atoms with van der Waals surface area (Å²) in [5.74, 6) is 0.299. The highest BCUT2D eigenvalue weighted by Gasteiger charge is 2.47. The van der Waals surface area contributed by atoms with Crippen LogP contribution in [0.1, 0.15) is 64.7 Å². The van der Waals surface area contributed by atoms with Crippen LogP contribution in [0, 0.1) is 5.92 Å². The maximum absolute atomic E-state index is 12.4. The van der Waals surface area contributed by atoms with Crippen LogP contribution >= 0.6 is 11.8 Å². The molecule has 5 heteroatoms. The molecule has 2 atom stereocenters. The molecule has 0 radical (unpaired) electrons. The smallest absolute Gasteiger partial charge is 0.327 e. The fourth-order valence-corrected chi connectivity index (χ4v) is 4.62. The lowest BCUT2D eigenvalue weighted by atomic mass is 10.1. The third kappa shape index (κ3) is 4.63. The Morgan fingerprint density at radius 1 is 1.14 bits per heavy atom. The molecule has 1 amide bonds. The summed E-state index contributed by atoms with van der Waals surface area (Å²) in [4.78, 5) is 25.5. The Bertz CT molecular complexity index is 371. The SMILES string of the molecule is CCCCCCCCC(=O)N1C(C(=O)O)CSC1C1CC1. The van der Waals surface area contributed by atoms with Crippen molar-refractivity contribution in [3.63, 3.8) is 0 Å². The zero-order valence-corrected chi connectivity index (χ0v) is 13.7. The maximum atomic E-state index is 12.4. The van der Waals surface area contributed by atoms with Crippen molar-refractivity contribution in [2.75, 3.05) is 5.75 Å². The first kappa shape index (κ1) is 16.7. The number of nitrogens with zero attached hydrogens (tertiary/aromatic N) is 1. The van der Waals surface area contributed by atoms with Crippen LogP contribution in [0.5, 0.6) is 0 Å². The zero-order chi connectivity index (χ0) is 15.2. The highest BCUT2D eigenvalue weighted by molar-refractivity contribution is 8.00. The zero-order valence-electron chi connectivity index (χ0n) is 12.9. The monoisotopic (exact) mass is 313 g/mol. The summed E-state index contributed by atoms with van der Waals surface area (Å²) >= 11 is 1.66. The number of carboxylic acids is 1. The summed E-state index contributed by atoms with van der Waals surface area (Å²) < 4.78 is 0. The molecule has 1 N–H and O–H groups in total. The number of thioether (sulfide) groups is 1. The molecule has 0 aromatic rings. The van der Waals surface area contributed by atoms with E-state index in [9.17, 15) is 14.7 Å². The van der Waals surface area contributed by atoms with E-state index in [0.29, 0.717) is 18.1 Å². The number of carbonyl (C=O) groups excluding carboxylic acids is 1. The Balaban J connectivity index is 1.78. The van der Waals surface area contributed by atoms with Gasteiger partial charge in [0.2, 0.25) is 5.91 Å². The molecule has 0 aromatic heterocycles. The number of hydrogen-bond donors (Lipinski definition) is 1. The first-order valence-corrected chi connectivity index (χ1v) is 9.35. The van der Waals surface area contributed by atoms with Gasteiger partial charge in [-0.2, -0.15) is 0 Å². The van der Waals surface area contributed by atoms with E-state index in [1.165, 1.54) is 25.7 Å². The Labute approximate surface area is 131 Å². The first-order chi connectivity index (χ1) is 10.1. The fourth-order valence-electron chi connectivity index (χ4n) is 2.96. The van der Waals surface area contributed by atoms with Gasteiger partial charge in [-0.1, -0.05) is 39.0 Å². The second kappa shape index (κ2) is 8.06. The topological polar surface area (TPSA) is 57.6 Å². The molecule has 0 aromatic carbocycles. The number of unbranched alkanes of at least 4 members (excludes halogenated alkanes) is 5. The largest absolute Gasteiger partial charge is 0.480 e. The molecule has 2 rings (SSSR count). The summed E-state index contributed by atoms with van der Waals surface area (Å²) in [7, 11) is 0. The van der Waals surface area contributed by atoms with Crippen molar-refractivity contribution >= 4 is 23.6 Å². The number of amides is 1. The highest BCUT2D eigenvalue weighted by Crippen LogP contribution is 2.45. The lowest BCUT2D eigenvalue weighted by Gasteiger charge is -2.27. The predicted molar refractivity (Wildman–Crippen MR) is 85.2 cm³/mol. The molecule has 1 aliphatic carbocycles. The van der Waals surface area contributed by atoms with Crippen molar-refractivity contribution in [3.8, 4) is 0 Å². The molecular weight excluding hydrogens is 286 g/mol. The van der Waals surface area contributed by atoms with Gasteiger partial charge in [0.1, 0.15) is 6.04 Å². The van der Waals surface area contributed by atoms with Crippen molar-refractivity contribution in [3.05, 3.63) is 0 Å². The number of aliphatic carboxylic acids is 1. The summed E-state index contributed by atoms with van der Waals surface area (Å²) in [5.41, 5.74) is 0. The molecule has 2 unspecified atom stereocenters. The number of rotatable bonds is 9. The first-order valence-electron chi connectivity index (χ1n) is 8.30. The van der Waals surface area contributed by atoms with Crippen LogP contribution in [0.15, 0.2) is 0 Å². The summed E-state index contributed by atoms with van der Waals surface area (Å²) in [6.45, 7) is 2.19. The minimum absolute atomic E-state index is 0.0554. The van der Waals surface area contributed by atoms with Crippen LogP contribution in [-0.2, 0) is 9.59 Å². The summed E-state index contributed by atoms with van der Waals surface area (Å²) in [6.07, 6.45) is 9.70. The maximum Gasteiger partial charge on any atom is 0.327 e. The minimum atomic E-state index is -0.845. The molecule has 1 aliphatic heterocycles. The average molecular weight is 313 g/mol. The van der Waals surface area contributed by atoms with E-state index in [1.54, 1.807) is 16.7 Å². The molecule has 1 saturated heterocycles. The normalized spacial score (nSPS) is 25.3. The van der Waals surface area contributed by atoms with Gasteiger partial charge >= 0.3 is 5.97 Å². The quantitative estimate of drug-likeness (QED) is 0.662. The van der Waals surface area contributed by atoms with Crippen molar-refractivity contribution in [1.82, 2.24) is 4.90 Å². The standard InChI is InChI=1S/C16H27NO3S/c1-2-3-4-5-6-7-8-14(18)17-13(16(19)20)11-21-15(17)12-9-10-12/h12-13,15H,2-11H2,1H3,(H,19,20). The van der Waals surface area contributed by atoms with Crippen LogP contribution < -0.4 is 0 Å². The second-order valence-electron chi connectivity index (χ2n) is 6.23. The van der Waals surface area contributed by atoms with Gasteiger partial charge in [0.25, 0.3) is 0 Å². The molecule has 2 fully saturated rings. The van der Waals surface area contributed by atoms with Crippen LogP contribution in [0.25, 0.3) is 0 Å². The van der Waals surface area contributed by atoms with Crippen LogP contribution in [0.3, 0.4) is 0 Å².